The number of methoxy groups -OCH3 is 1. The van der Waals surface area contributed by atoms with Gasteiger partial charge in [-0.1, -0.05) is 18.2 Å². The second-order valence-electron chi connectivity index (χ2n) is 12.5. The smallest absolute Gasteiger partial charge is 0.416 e. The summed E-state index contributed by atoms with van der Waals surface area (Å²) in [5, 5.41) is 13.8. The third-order valence-electron chi connectivity index (χ3n) is 8.04. The number of rotatable bonds is 11. The molecule has 1 aliphatic heterocycles. The Kier molecular flexibility index (Phi) is 12.0. The Bertz CT molecular complexity index is 1770. The molecule has 3 aromatic rings. The lowest BCUT2D eigenvalue weighted by Gasteiger charge is -2.35. The van der Waals surface area contributed by atoms with Crippen LogP contribution in [0.3, 0.4) is 0 Å². The third kappa shape index (κ3) is 8.35. The highest BCUT2D eigenvalue weighted by Crippen LogP contribution is 2.43. The quantitative estimate of drug-likeness (QED) is 0.167. The molecule has 0 aliphatic carbocycles. The minimum Gasteiger partial charge on any atom is -1.00 e. The van der Waals surface area contributed by atoms with Gasteiger partial charge in [0, 0.05) is 25.0 Å². The Morgan fingerprint density at radius 3 is 2.33 bits per heavy atom. The fourth-order valence-corrected chi connectivity index (χ4v) is 5.53. The number of alkyl halides is 3. The number of halogens is 4. The molecule has 4 rings (SSSR count). The van der Waals surface area contributed by atoms with Crippen LogP contribution < -0.4 is 27.6 Å². The van der Waals surface area contributed by atoms with Gasteiger partial charge in [-0.15, -0.1) is 5.10 Å². The van der Waals surface area contributed by atoms with E-state index < -0.39 is 36.0 Å². The Morgan fingerprint density at radius 1 is 1.08 bits per heavy atom. The number of nitriles is 1. The maximum absolute atomic E-state index is 14.1. The zero-order valence-electron chi connectivity index (χ0n) is 27.7. The van der Waals surface area contributed by atoms with Crippen molar-refractivity contribution in [2.24, 2.45) is 0 Å². The topological polar surface area (TPSA) is 113 Å². The number of aromatic nitrogens is 3. The summed E-state index contributed by atoms with van der Waals surface area (Å²) >= 11 is 0. The number of fused-ring (bicyclic) bond motifs is 1. The van der Waals surface area contributed by atoms with E-state index in [1.54, 1.807) is 19.2 Å². The van der Waals surface area contributed by atoms with Crippen molar-refractivity contribution in [3.63, 3.8) is 0 Å². The molecule has 258 valence electrons. The molecule has 0 radical (unpaired) electrons. The van der Waals surface area contributed by atoms with E-state index in [1.165, 1.54) is 45.6 Å². The first-order valence-corrected chi connectivity index (χ1v) is 15.1. The zero-order valence-corrected chi connectivity index (χ0v) is 29.3. The highest BCUT2D eigenvalue weighted by molar-refractivity contribution is 5.93. The molecule has 0 bridgehead atoms. The molecule has 1 amide bonds. The standard InChI is InChI=1S/C33H39F3N7O4.BrH/c1-22-28(30(45)47-6)29(24-15-13-23(20-37)14-16-24)42-31(41(22)26-12-10-11-25(19-26)33(34,35)36)38-40(32(42)46)21-27(44)39(2)17-8-7-9-18-43(3,4)5;/h10-16,19,29H,7-9,17-18,21H2,1-6H3;1H/q+1;/p-1. The van der Waals surface area contributed by atoms with Crippen molar-refractivity contribution in [2.75, 3.05) is 53.3 Å². The summed E-state index contributed by atoms with van der Waals surface area (Å²) in [6, 6.07) is 11.5. The van der Waals surface area contributed by atoms with Gasteiger partial charge in [-0.25, -0.2) is 18.8 Å². The molecule has 2 heterocycles. The van der Waals surface area contributed by atoms with E-state index in [2.05, 4.69) is 26.2 Å². The van der Waals surface area contributed by atoms with Crippen molar-refractivity contribution in [1.29, 1.82) is 5.26 Å². The van der Waals surface area contributed by atoms with Crippen LogP contribution in [0.15, 0.2) is 64.6 Å². The van der Waals surface area contributed by atoms with Crippen molar-refractivity contribution >= 4 is 23.5 Å². The van der Waals surface area contributed by atoms with Gasteiger partial charge in [-0.05, 0) is 62.1 Å². The maximum Gasteiger partial charge on any atom is 0.416 e. The second-order valence-corrected chi connectivity index (χ2v) is 12.5. The van der Waals surface area contributed by atoms with Crippen LogP contribution in [-0.2, 0) is 27.0 Å². The van der Waals surface area contributed by atoms with Crippen LogP contribution in [0.5, 0.6) is 0 Å². The van der Waals surface area contributed by atoms with Crippen molar-refractivity contribution in [1.82, 2.24) is 19.2 Å². The number of nitrogens with zero attached hydrogens (tertiary/aromatic N) is 7. The van der Waals surface area contributed by atoms with Gasteiger partial charge in [0.15, 0.2) is 0 Å². The molecule has 48 heavy (non-hydrogen) atoms. The molecule has 2 aromatic carbocycles. The number of benzene rings is 2. The number of carbonyl (C=O) groups is 2. The molecular weight excluding hydrogens is 695 g/mol. The van der Waals surface area contributed by atoms with Crippen molar-refractivity contribution in [3.05, 3.63) is 87.0 Å². The molecule has 1 unspecified atom stereocenters. The largest absolute Gasteiger partial charge is 1.00 e. The number of hydrogen-bond acceptors (Lipinski definition) is 7. The lowest BCUT2D eigenvalue weighted by Crippen LogP contribution is -3.00. The fourth-order valence-electron chi connectivity index (χ4n) is 5.53. The summed E-state index contributed by atoms with van der Waals surface area (Å²) in [7, 11) is 9.14. The second kappa shape index (κ2) is 15.2. The van der Waals surface area contributed by atoms with Crippen LogP contribution in [0.1, 0.15) is 48.9 Å². The maximum atomic E-state index is 14.1. The molecule has 0 saturated heterocycles. The number of hydrogen-bond donors (Lipinski definition) is 0. The first kappa shape index (κ1) is 38.0. The summed E-state index contributed by atoms with van der Waals surface area (Å²) in [5.41, 5.74) is -0.799. The lowest BCUT2D eigenvalue weighted by molar-refractivity contribution is -0.870. The Morgan fingerprint density at radius 2 is 1.75 bits per heavy atom. The Balaban J connectivity index is 0.00000625. The fraction of sp³-hybridized carbons (Fsp3) is 0.424. The Labute approximate surface area is 287 Å². The SMILES string of the molecule is COC(=O)C1=C(C)N(c2cccc(C(F)(F)F)c2)c2nn(CC(=O)N(C)CCCCC[N+](C)(C)C)c(=O)n2C1c1ccc(C#N)cc1.[Br-]. The van der Waals surface area contributed by atoms with Gasteiger partial charge in [-0.2, -0.15) is 18.4 Å². The molecule has 0 fully saturated rings. The number of likely N-dealkylation sites (N-methyl/N-ethyl adjacent to an activating group) is 1. The highest BCUT2D eigenvalue weighted by atomic mass is 79.9. The summed E-state index contributed by atoms with van der Waals surface area (Å²) in [6.07, 6.45) is -1.98. The number of carbonyl (C=O) groups excluding carboxylic acids is 2. The van der Waals surface area contributed by atoms with Crippen LogP contribution in [0.2, 0.25) is 0 Å². The van der Waals surface area contributed by atoms with Gasteiger partial charge in [0.1, 0.15) is 12.6 Å². The van der Waals surface area contributed by atoms with Gasteiger partial charge in [0.2, 0.25) is 11.9 Å². The summed E-state index contributed by atoms with van der Waals surface area (Å²) in [4.78, 5) is 43.5. The third-order valence-corrected chi connectivity index (χ3v) is 8.04. The van der Waals surface area contributed by atoms with Crippen molar-refractivity contribution in [3.8, 4) is 6.07 Å². The van der Waals surface area contributed by atoms with Gasteiger partial charge in [-0.3, -0.25) is 9.69 Å². The van der Waals surface area contributed by atoms with Crippen molar-refractivity contribution < 1.29 is 49.0 Å². The lowest BCUT2D eigenvalue weighted by atomic mass is 9.93. The van der Waals surface area contributed by atoms with Gasteiger partial charge < -0.3 is 31.1 Å². The Hall–Kier alpha value is -4.42. The van der Waals surface area contributed by atoms with Crippen molar-refractivity contribution in [2.45, 2.75) is 44.9 Å². The van der Waals surface area contributed by atoms with Gasteiger partial charge in [0.05, 0.1) is 57.6 Å². The van der Waals surface area contributed by atoms with Gasteiger partial charge in [0.25, 0.3) is 0 Å². The van der Waals surface area contributed by atoms with E-state index in [0.717, 1.165) is 54.2 Å². The minimum atomic E-state index is -4.67. The van der Waals surface area contributed by atoms with E-state index >= 15 is 0 Å². The molecule has 1 atom stereocenters. The minimum absolute atomic E-state index is 0. The van der Waals surface area contributed by atoms with Crippen LogP contribution in [0.4, 0.5) is 24.8 Å². The zero-order chi connectivity index (χ0) is 34.7. The number of amides is 1. The highest BCUT2D eigenvalue weighted by Gasteiger charge is 2.41. The van der Waals surface area contributed by atoms with E-state index in [4.69, 9.17) is 4.74 Å². The first-order valence-electron chi connectivity index (χ1n) is 15.1. The van der Waals surface area contributed by atoms with Crippen LogP contribution >= 0.6 is 0 Å². The average Bonchev–Trinajstić information content (AvgIpc) is 3.33. The molecular formula is C33H39BrF3N7O4. The number of ether oxygens (including phenoxy) is 1. The predicted octanol–water partition coefficient (Wildman–Crippen LogP) is 1.46. The molecule has 15 heteroatoms. The summed E-state index contributed by atoms with van der Waals surface area (Å²) in [6.45, 7) is 2.55. The monoisotopic (exact) mass is 733 g/mol. The molecule has 0 N–H and O–H groups in total. The summed E-state index contributed by atoms with van der Waals surface area (Å²) in [5.74, 6) is -1.29. The molecule has 11 nitrogen and oxygen atoms in total. The van der Waals surface area contributed by atoms with Crippen LogP contribution in [0, 0.1) is 11.3 Å². The van der Waals surface area contributed by atoms with E-state index in [1.807, 2.05) is 6.07 Å². The summed E-state index contributed by atoms with van der Waals surface area (Å²) < 4.78 is 49.3. The van der Waals surface area contributed by atoms with E-state index in [-0.39, 0.29) is 45.8 Å². The number of unbranched alkanes of at least 4 members (excludes halogenated alkanes) is 2. The number of esters is 1. The number of quaternary nitrogens is 1. The van der Waals surface area contributed by atoms with Crippen LogP contribution in [0.25, 0.3) is 0 Å². The normalized spacial score (nSPS) is 14.6. The first-order chi connectivity index (χ1) is 22.1. The average molecular weight is 735 g/mol. The van der Waals surface area contributed by atoms with E-state index in [9.17, 15) is 32.8 Å². The molecule has 1 aromatic heterocycles. The number of allylic oxidation sites excluding steroid dienone is 1. The molecule has 0 spiro atoms. The van der Waals surface area contributed by atoms with E-state index in [0.29, 0.717) is 17.7 Å². The number of anilines is 2. The molecule has 1 aliphatic rings. The van der Waals surface area contributed by atoms with Crippen LogP contribution in [-0.4, -0.2) is 84.0 Å². The molecule has 0 saturated carbocycles. The van der Waals surface area contributed by atoms with Gasteiger partial charge >= 0.3 is 17.8 Å². The predicted molar refractivity (Wildman–Crippen MR) is 168 cm³/mol.